The molecule has 38 heavy (non-hydrogen) atoms. The minimum atomic E-state index is -1.27. The van der Waals surface area contributed by atoms with E-state index in [0.29, 0.717) is 21.6 Å². The van der Waals surface area contributed by atoms with E-state index >= 15 is 0 Å². The lowest BCUT2D eigenvalue weighted by Gasteiger charge is -2.49. The van der Waals surface area contributed by atoms with E-state index in [9.17, 15) is 14.4 Å². The van der Waals surface area contributed by atoms with E-state index in [0.717, 1.165) is 22.5 Å². The van der Waals surface area contributed by atoms with Crippen molar-refractivity contribution in [2.75, 3.05) is 24.8 Å². The van der Waals surface area contributed by atoms with Gasteiger partial charge < -0.3 is 5.32 Å². The molecule has 9 nitrogen and oxygen atoms in total. The quantitative estimate of drug-likeness (QED) is 0.420. The third-order valence-electron chi connectivity index (χ3n) is 7.65. The number of nitrogens with one attached hydrogen (secondary N) is 2. The summed E-state index contributed by atoms with van der Waals surface area (Å²) in [5, 5.41) is 2.85. The molecule has 188 valence electrons. The zero-order valence-corrected chi connectivity index (χ0v) is 21.3. The maximum Gasteiger partial charge on any atom is 0.324 e. The van der Waals surface area contributed by atoms with Gasteiger partial charge in [0.15, 0.2) is 0 Å². The third-order valence-corrected chi connectivity index (χ3v) is 8.69. The van der Waals surface area contributed by atoms with Crippen molar-refractivity contribution in [3.8, 4) is 0 Å². The van der Waals surface area contributed by atoms with Gasteiger partial charge in [-0.3, -0.25) is 24.8 Å². The van der Waals surface area contributed by atoms with Gasteiger partial charge in [-0.05, 0) is 6.07 Å². The van der Waals surface area contributed by atoms with E-state index in [4.69, 9.17) is 4.99 Å². The maximum absolute atomic E-state index is 14.0. The van der Waals surface area contributed by atoms with Gasteiger partial charge >= 0.3 is 6.03 Å². The Morgan fingerprint density at radius 2 is 1.42 bits per heavy atom. The number of fused-ring (bicyclic) bond motifs is 3. The van der Waals surface area contributed by atoms with Crippen LogP contribution in [-0.4, -0.2) is 40.5 Å². The molecule has 10 heteroatoms. The van der Waals surface area contributed by atoms with Crippen LogP contribution in [0.1, 0.15) is 16.7 Å². The molecule has 4 aromatic rings. The maximum atomic E-state index is 14.0. The zero-order chi connectivity index (χ0) is 26.2. The van der Waals surface area contributed by atoms with Crippen LogP contribution in [0.3, 0.4) is 0 Å². The fraction of sp³-hybridized carbons (Fsp3) is 0.143. The van der Waals surface area contributed by atoms with E-state index in [1.54, 1.807) is 23.9 Å². The van der Waals surface area contributed by atoms with Crippen molar-refractivity contribution < 1.29 is 9.59 Å². The number of carbonyl (C=O) groups is 2. The van der Waals surface area contributed by atoms with Gasteiger partial charge in [0.05, 0.1) is 5.57 Å². The van der Waals surface area contributed by atoms with Gasteiger partial charge in [-0.1, -0.05) is 90.2 Å². The highest BCUT2D eigenvalue weighted by Gasteiger charge is 2.69. The molecule has 4 heterocycles. The van der Waals surface area contributed by atoms with E-state index in [2.05, 4.69) is 10.7 Å². The number of nitrogens with zero attached hydrogens (tertiary/aromatic N) is 4. The van der Waals surface area contributed by atoms with Gasteiger partial charge in [0.25, 0.3) is 11.5 Å². The first kappa shape index (κ1) is 22.5. The molecule has 3 amide bonds. The number of amides is 3. The van der Waals surface area contributed by atoms with Crippen LogP contribution < -0.4 is 25.6 Å². The summed E-state index contributed by atoms with van der Waals surface area (Å²) in [6.07, 6.45) is 0. The van der Waals surface area contributed by atoms with Crippen LogP contribution in [-0.2, 0) is 16.1 Å². The smallest absolute Gasteiger partial charge is 0.321 e. The second kappa shape index (κ2) is 7.65. The van der Waals surface area contributed by atoms with Gasteiger partial charge in [-0.15, -0.1) is 0 Å². The Labute approximate surface area is 220 Å². The van der Waals surface area contributed by atoms with Crippen molar-refractivity contribution in [2.45, 2.75) is 11.3 Å². The summed E-state index contributed by atoms with van der Waals surface area (Å²) in [4.78, 5) is 49.4. The average molecular weight is 523 g/mol. The molecule has 0 unspecified atom stereocenters. The minimum absolute atomic E-state index is 0.254. The van der Waals surface area contributed by atoms with Crippen molar-refractivity contribution in [3.05, 3.63) is 121 Å². The van der Waals surface area contributed by atoms with Crippen LogP contribution in [0.25, 0.3) is 5.57 Å². The highest BCUT2D eigenvalue weighted by molar-refractivity contribution is 7.07. The number of carbonyl (C=O) groups excluding carboxylic acids is 2. The summed E-state index contributed by atoms with van der Waals surface area (Å²) in [5.41, 5.74) is 3.70. The molecule has 2 atom stereocenters. The monoisotopic (exact) mass is 522 g/mol. The van der Waals surface area contributed by atoms with Crippen molar-refractivity contribution in [2.24, 2.45) is 4.99 Å². The Kier molecular flexibility index (Phi) is 4.53. The van der Waals surface area contributed by atoms with Gasteiger partial charge in [0.2, 0.25) is 16.1 Å². The first-order valence-electron chi connectivity index (χ1n) is 12.1. The standard InChI is InChI=1S/C28H22N6O3S/c1-32-26(37)33(2)28(18-13-7-4-8-14-18)27(32,17-11-5-3-6-12-17)30-25-34(31-28)24(36)22(38-25)21-19-15-9-10-16-20(19)29-23(21)35/h3-16,31H,1-2H3,(H,29,35)/b22-21-/t27-,28-/m1/s1. The molecule has 0 saturated carbocycles. The summed E-state index contributed by atoms with van der Waals surface area (Å²) < 4.78 is 1.65. The van der Waals surface area contributed by atoms with Crippen LogP contribution in [0.15, 0.2) is 94.7 Å². The molecular weight excluding hydrogens is 500 g/mol. The lowest BCUT2D eigenvalue weighted by Crippen LogP contribution is -2.67. The number of hydrogen-bond donors (Lipinski definition) is 2. The lowest BCUT2D eigenvalue weighted by molar-refractivity contribution is -0.110. The second-order valence-corrected chi connectivity index (χ2v) is 10.4. The van der Waals surface area contributed by atoms with Crippen molar-refractivity contribution >= 4 is 34.5 Å². The summed E-state index contributed by atoms with van der Waals surface area (Å²) in [6.45, 7) is 0. The van der Waals surface area contributed by atoms with Crippen molar-refractivity contribution in [3.63, 3.8) is 0 Å². The molecule has 7 rings (SSSR count). The Morgan fingerprint density at radius 3 is 2.13 bits per heavy atom. The molecular formula is C28H22N6O3S. The lowest BCUT2D eigenvalue weighted by atomic mass is 9.80. The predicted octanol–water partition coefficient (Wildman–Crippen LogP) is 1.94. The summed E-state index contributed by atoms with van der Waals surface area (Å²) in [6, 6.07) is 26.2. The van der Waals surface area contributed by atoms with E-state index in [1.165, 1.54) is 4.68 Å². The number of aromatic nitrogens is 1. The summed E-state index contributed by atoms with van der Waals surface area (Å²) >= 11 is 1.13. The van der Waals surface area contributed by atoms with Gasteiger partial charge in [0, 0.05) is 36.5 Å². The number of urea groups is 1. The van der Waals surface area contributed by atoms with Gasteiger partial charge in [-0.2, -0.15) is 4.68 Å². The Balaban J connectivity index is 1.62. The first-order valence-corrected chi connectivity index (χ1v) is 12.9. The van der Waals surface area contributed by atoms with Crippen LogP contribution >= 0.6 is 11.3 Å². The Hall–Kier alpha value is -4.70. The number of para-hydroxylation sites is 1. The number of thiazole rings is 1. The molecule has 1 aromatic heterocycles. The molecule has 1 saturated heterocycles. The molecule has 0 spiro atoms. The molecule has 0 bridgehead atoms. The third kappa shape index (κ3) is 2.59. The van der Waals surface area contributed by atoms with Crippen molar-refractivity contribution in [1.29, 1.82) is 0 Å². The van der Waals surface area contributed by atoms with E-state index in [1.807, 2.05) is 84.9 Å². The molecule has 0 aliphatic carbocycles. The largest absolute Gasteiger partial charge is 0.324 e. The number of anilines is 1. The van der Waals surface area contributed by atoms with E-state index in [-0.39, 0.29) is 16.5 Å². The van der Waals surface area contributed by atoms with Crippen LogP contribution in [0.4, 0.5) is 10.5 Å². The van der Waals surface area contributed by atoms with Crippen LogP contribution in [0, 0.1) is 0 Å². The number of rotatable bonds is 2. The second-order valence-electron chi connectivity index (χ2n) is 9.47. The fourth-order valence-electron chi connectivity index (χ4n) is 5.91. The molecule has 2 N–H and O–H groups in total. The summed E-state index contributed by atoms with van der Waals surface area (Å²) in [7, 11) is 3.43. The minimum Gasteiger partial charge on any atom is -0.321 e. The highest BCUT2D eigenvalue weighted by Crippen LogP contribution is 2.53. The Bertz CT molecular complexity index is 1830. The number of benzene rings is 3. The van der Waals surface area contributed by atoms with Crippen LogP contribution in [0.5, 0.6) is 0 Å². The number of hydrogen-bond acceptors (Lipinski definition) is 6. The Morgan fingerprint density at radius 1 is 0.789 bits per heavy atom. The van der Waals surface area contributed by atoms with E-state index < -0.39 is 16.9 Å². The number of likely N-dealkylation sites (N-methyl/N-ethyl adjacent to an activating group) is 2. The molecule has 3 aliphatic rings. The normalized spacial score (nSPS) is 24.8. The average Bonchev–Trinajstić information content (AvgIpc) is 3.50. The van der Waals surface area contributed by atoms with Gasteiger partial charge in [-0.25, -0.2) is 9.79 Å². The summed E-state index contributed by atoms with van der Waals surface area (Å²) in [5.74, 6) is -0.331. The molecule has 1 fully saturated rings. The highest BCUT2D eigenvalue weighted by atomic mass is 32.1. The molecule has 0 radical (unpaired) electrons. The van der Waals surface area contributed by atoms with Gasteiger partial charge in [0.1, 0.15) is 4.53 Å². The SMILES string of the molecule is CN1C(=O)N(C)[C@@]2(c3ccccc3)Nn3c(s/c(=C4\C(=O)Nc5ccccc54)c3=O)=N[C@]12c1ccccc1. The topological polar surface area (TPSA) is 99.0 Å². The first-order chi connectivity index (χ1) is 18.4. The molecule has 3 aliphatic heterocycles. The predicted molar refractivity (Wildman–Crippen MR) is 143 cm³/mol. The van der Waals surface area contributed by atoms with Crippen molar-refractivity contribution in [1.82, 2.24) is 14.5 Å². The van der Waals surface area contributed by atoms with Crippen LogP contribution in [0.2, 0.25) is 0 Å². The fourth-order valence-corrected chi connectivity index (χ4v) is 6.97. The molecule has 3 aromatic carbocycles. The zero-order valence-electron chi connectivity index (χ0n) is 20.5.